The molecular formula is C19H43N3O5. The van der Waals surface area contributed by atoms with Gasteiger partial charge in [-0.05, 0) is 34.6 Å². The summed E-state index contributed by atoms with van der Waals surface area (Å²) in [6.07, 6.45) is -2.35. The molecular weight excluding hydrogens is 350 g/mol. The maximum absolute atomic E-state index is 9.81. The average Bonchev–Trinajstić information content (AvgIpc) is 2.46. The molecule has 0 aromatic heterocycles. The van der Waals surface area contributed by atoms with E-state index in [-0.39, 0.29) is 0 Å². The first-order valence-corrected chi connectivity index (χ1v) is 10.1. The largest absolute Gasteiger partial charge is 0.392 e. The number of hydrogen-bond donors (Lipinski definition) is 5. The minimum absolute atomic E-state index is 0.464. The zero-order chi connectivity index (χ0) is 21.0. The summed E-state index contributed by atoms with van der Waals surface area (Å²) in [5.74, 6) is 0. The zero-order valence-electron chi connectivity index (χ0n) is 17.8. The highest BCUT2D eigenvalue weighted by molar-refractivity contribution is 4.72. The number of hydrogen-bond acceptors (Lipinski definition) is 8. The van der Waals surface area contributed by atoms with Gasteiger partial charge >= 0.3 is 0 Å². The Labute approximate surface area is 165 Å². The Kier molecular flexibility index (Phi) is 14.5. The molecule has 0 radical (unpaired) electrons. The number of nitrogens with zero attached hydrogens (tertiary/aromatic N) is 3. The molecule has 0 heterocycles. The SMILES string of the molecule is C[C@H](O)CN(CCN(C[C@H](C)O)C[C@H](C)O)CCN(C[C@H](C)O)C[C@H](C)O. The van der Waals surface area contributed by atoms with Crippen molar-refractivity contribution in [2.75, 3.05) is 58.9 Å². The van der Waals surface area contributed by atoms with Gasteiger partial charge in [0.25, 0.3) is 0 Å². The van der Waals surface area contributed by atoms with Crippen LogP contribution in [0, 0.1) is 0 Å². The molecule has 0 aliphatic heterocycles. The minimum Gasteiger partial charge on any atom is -0.392 e. The van der Waals surface area contributed by atoms with Crippen LogP contribution in [0.4, 0.5) is 0 Å². The van der Waals surface area contributed by atoms with Crippen LogP contribution in [0.3, 0.4) is 0 Å². The van der Waals surface area contributed by atoms with Crippen molar-refractivity contribution in [1.82, 2.24) is 14.7 Å². The molecule has 0 saturated heterocycles. The molecule has 8 nitrogen and oxygen atoms in total. The van der Waals surface area contributed by atoms with Crippen LogP contribution in [-0.4, -0.2) is 130 Å². The van der Waals surface area contributed by atoms with Gasteiger partial charge in [0.2, 0.25) is 0 Å². The van der Waals surface area contributed by atoms with E-state index in [4.69, 9.17) is 0 Å². The molecule has 5 N–H and O–H groups in total. The van der Waals surface area contributed by atoms with Crippen LogP contribution in [0.25, 0.3) is 0 Å². The lowest BCUT2D eigenvalue weighted by Crippen LogP contribution is -2.46. The van der Waals surface area contributed by atoms with E-state index in [1.807, 2.05) is 9.80 Å². The molecule has 0 bridgehead atoms. The summed E-state index contributed by atoms with van der Waals surface area (Å²) in [6.45, 7) is 13.9. The summed E-state index contributed by atoms with van der Waals surface area (Å²) >= 11 is 0. The van der Waals surface area contributed by atoms with Gasteiger partial charge in [0.1, 0.15) is 0 Å². The highest BCUT2D eigenvalue weighted by Crippen LogP contribution is 2.02. The van der Waals surface area contributed by atoms with Crippen LogP contribution in [0.5, 0.6) is 0 Å². The highest BCUT2D eigenvalue weighted by atomic mass is 16.3. The van der Waals surface area contributed by atoms with Crippen LogP contribution in [0.15, 0.2) is 0 Å². The molecule has 0 aromatic carbocycles. The molecule has 0 fully saturated rings. The predicted molar refractivity (Wildman–Crippen MR) is 108 cm³/mol. The summed E-state index contributed by atoms with van der Waals surface area (Å²) in [4.78, 5) is 6.18. The Morgan fingerprint density at radius 2 is 0.593 bits per heavy atom. The quantitative estimate of drug-likeness (QED) is 0.222. The topological polar surface area (TPSA) is 111 Å². The van der Waals surface area contributed by atoms with Crippen LogP contribution in [0.1, 0.15) is 34.6 Å². The van der Waals surface area contributed by atoms with Crippen molar-refractivity contribution in [1.29, 1.82) is 0 Å². The molecule has 5 atom stereocenters. The van der Waals surface area contributed by atoms with Crippen molar-refractivity contribution in [3.05, 3.63) is 0 Å². The van der Waals surface area contributed by atoms with Crippen LogP contribution in [0.2, 0.25) is 0 Å². The Hall–Kier alpha value is -0.320. The second-order valence-electron chi connectivity index (χ2n) is 8.06. The van der Waals surface area contributed by atoms with E-state index >= 15 is 0 Å². The van der Waals surface area contributed by atoms with Crippen LogP contribution < -0.4 is 0 Å². The monoisotopic (exact) mass is 393 g/mol. The third kappa shape index (κ3) is 16.3. The van der Waals surface area contributed by atoms with Gasteiger partial charge in [-0.2, -0.15) is 0 Å². The number of aliphatic hydroxyl groups excluding tert-OH is 5. The summed E-state index contributed by atoms with van der Waals surface area (Å²) in [5.41, 5.74) is 0. The number of rotatable bonds is 16. The van der Waals surface area contributed by atoms with Gasteiger partial charge in [0.15, 0.2) is 0 Å². The molecule has 0 aliphatic carbocycles. The fraction of sp³-hybridized carbons (Fsp3) is 1.00. The standard InChI is InChI=1S/C19H43N3O5/c1-15(23)10-20(6-8-21(11-16(2)24)12-17(3)25)7-9-22(13-18(4)26)14-19(5)27/h15-19,23-27H,6-14H2,1-5H3/t15-,16-,17-,18-,19-/m0/s1. The van der Waals surface area contributed by atoms with Crippen molar-refractivity contribution in [2.45, 2.75) is 65.1 Å². The second-order valence-corrected chi connectivity index (χ2v) is 8.06. The molecule has 164 valence electrons. The van der Waals surface area contributed by atoms with Gasteiger partial charge in [-0.25, -0.2) is 0 Å². The van der Waals surface area contributed by atoms with E-state index < -0.39 is 30.5 Å². The van der Waals surface area contributed by atoms with Crippen molar-refractivity contribution in [3.63, 3.8) is 0 Å². The van der Waals surface area contributed by atoms with Gasteiger partial charge in [-0.3, -0.25) is 14.7 Å². The maximum atomic E-state index is 9.81. The molecule has 0 aliphatic rings. The fourth-order valence-electron chi connectivity index (χ4n) is 3.24. The first kappa shape index (κ1) is 26.7. The lowest BCUT2D eigenvalue weighted by Gasteiger charge is -2.32. The van der Waals surface area contributed by atoms with E-state index in [9.17, 15) is 25.5 Å². The molecule has 0 aromatic rings. The Bertz CT molecular complexity index is 306. The van der Waals surface area contributed by atoms with Gasteiger partial charge < -0.3 is 25.5 Å². The third-order valence-electron chi connectivity index (χ3n) is 4.08. The van der Waals surface area contributed by atoms with Crippen LogP contribution in [-0.2, 0) is 0 Å². The maximum Gasteiger partial charge on any atom is 0.0639 e. The van der Waals surface area contributed by atoms with E-state index in [1.54, 1.807) is 34.6 Å². The first-order valence-electron chi connectivity index (χ1n) is 10.1. The van der Waals surface area contributed by atoms with Gasteiger partial charge in [0.05, 0.1) is 30.5 Å². The van der Waals surface area contributed by atoms with E-state index in [0.29, 0.717) is 58.9 Å². The van der Waals surface area contributed by atoms with Gasteiger partial charge in [-0.15, -0.1) is 0 Å². The smallest absolute Gasteiger partial charge is 0.0639 e. The Balaban J connectivity index is 4.73. The normalized spacial score (nSPS) is 18.1. The average molecular weight is 394 g/mol. The summed E-state index contributed by atoms with van der Waals surface area (Å²) in [7, 11) is 0. The lowest BCUT2D eigenvalue weighted by atomic mass is 10.2. The van der Waals surface area contributed by atoms with E-state index in [2.05, 4.69) is 4.90 Å². The molecule has 0 unspecified atom stereocenters. The third-order valence-corrected chi connectivity index (χ3v) is 4.08. The van der Waals surface area contributed by atoms with Crippen molar-refractivity contribution < 1.29 is 25.5 Å². The predicted octanol–water partition coefficient (Wildman–Crippen LogP) is -1.20. The molecule has 0 saturated carbocycles. The van der Waals surface area contributed by atoms with E-state index in [1.165, 1.54) is 0 Å². The number of aliphatic hydroxyl groups is 5. The highest BCUT2D eigenvalue weighted by Gasteiger charge is 2.17. The minimum atomic E-state index is -0.471. The van der Waals surface area contributed by atoms with Crippen molar-refractivity contribution in [3.8, 4) is 0 Å². The molecule has 0 amide bonds. The second kappa shape index (κ2) is 14.6. The summed E-state index contributed by atoms with van der Waals surface area (Å²) in [5, 5.41) is 48.4. The van der Waals surface area contributed by atoms with E-state index in [0.717, 1.165) is 0 Å². The van der Waals surface area contributed by atoms with Gasteiger partial charge in [0, 0.05) is 58.9 Å². The fourth-order valence-corrected chi connectivity index (χ4v) is 3.24. The van der Waals surface area contributed by atoms with Gasteiger partial charge in [-0.1, -0.05) is 0 Å². The molecule has 8 heteroatoms. The Morgan fingerprint density at radius 1 is 0.407 bits per heavy atom. The zero-order valence-corrected chi connectivity index (χ0v) is 17.8. The van der Waals surface area contributed by atoms with Crippen LogP contribution >= 0.6 is 0 Å². The lowest BCUT2D eigenvalue weighted by molar-refractivity contribution is 0.0555. The molecule has 0 spiro atoms. The summed E-state index contributed by atoms with van der Waals surface area (Å²) < 4.78 is 0. The van der Waals surface area contributed by atoms with Crippen molar-refractivity contribution >= 4 is 0 Å². The first-order chi connectivity index (χ1) is 12.5. The molecule has 27 heavy (non-hydrogen) atoms. The Morgan fingerprint density at radius 3 is 0.815 bits per heavy atom. The van der Waals surface area contributed by atoms with Crippen molar-refractivity contribution in [2.24, 2.45) is 0 Å². The molecule has 0 rings (SSSR count). The summed E-state index contributed by atoms with van der Waals surface area (Å²) in [6, 6.07) is 0.